The van der Waals surface area contributed by atoms with Crippen molar-refractivity contribution in [2.75, 3.05) is 0 Å². The second kappa shape index (κ2) is 10.5. The topological polar surface area (TPSA) is 79.1 Å². The highest BCUT2D eigenvalue weighted by Gasteiger charge is 2.10. The molecule has 0 aliphatic carbocycles. The fraction of sp³-hybridized carbons (Fsp3) is 0.143. The van der Waals surface area contributed by atoms with Gasteiger partial charge >= 0.3 is 5.76 Å². The third-order valence-electron chi connectivity index (χ3n) is 5.62. The Morgan fingerprint density at radius 1 is 1.00 bits per heavy atom. The number of hydrogen-bond acceptors (Lipinski definition) is 4. The monoisotopic (exact) mass is 438 g/mol. The number of aromatic amines is 1. The SMILES string of the molecule is C=C(O)c1ccc(CCC(/C=C\c2ccccc2)Cc2ccc(-c3noc(=O)[nH]3)cc2)cc1. The molecular weight excluding hydrogens is 412 g/mol. The van der Waals surface area contributed by atoms with Gasteiger partial charge in [0.1, 0.15) is 5.76 Å². The zero-order valence-electron chi connectivity index (χ0n) is 18.3. The van der Waals surface area contributed by atoms with Crippen LogP contribution in [0, 0.1) is 5.92 Å². The van der Waals surface area contributed by atoms with Crippen molar-refractivity contribution in [3.63, 3.8) is 0 Å². The van der Waals surface area contributed by atoms with Crippen molar-refractivity contribution in [3.8, 4) is 11.4 Å². The normalized spacial score (nSPS) is 12.1. The van der Waals surface area contributed by atoms with E-state index < -0.39 is 5.76 Å². The molecule has 0 bridgehead atoms. The lowest BCUT2D eigenvalue weighted by Crippen LogP contribution is -2.04. The Kier molecular flexibility index (Phi) is 7.00. The minimum Gasteiger partial charge on any atom is -0.508 e. The van der Waals surface area contributed by atoms with Crippen LogP contribution < -0.4 is 5.76 Å². The van der Waals surface area contributed by atoms with Crippen molar-refractivity contribution in [2.45, 2.75) is 19.3 Å². The summed E-state index contributed by atoms with van der Waals surface area (Å²) in [5.74, 6) is 0.302. The van der Waals surface area contributed by atoms with E-state index in [-0.39, 0.29) is 5.76 Å². The van der Waals surface area contributed by atoms with Gasteiger partial charge in [0.2, 0.25) is 0 Å². The Morgan fingerprint density at radius 2 is 1.70 bits per heavy atom. The molecule has 166 valence electrons. The van der Waals surface area contributed by atoms with Gasteiger partial charge in [-0.25, -0.2) is 4.79 Å². The summed E-state index contributed by atoms with van der Waals surface area (Å²) >= 11 is 0. The minimum absolute atomic E-state index is 0.0864. The van der Waals surface area contributed by atoms with E-state index in [1.807, 2.05) is 54.6 Å². The lowest BCUT2D eigenvalue weighted by atomic mass is 9.91. The van der Waals surface area contributed by atoms with Gasteiger partial charge < -0.3 is 5.11 Å². The fourth-order valence-corrected chi connectivity index (χ4v) is 3.75. The first-order valence-corrected chi connectivity index (χ1v) is 10.9. The van der Waals surface area contributed by atoms with Gasteiger partial charge in [-0.15, -0.1) is 0 Å². The number of benzene rings is 3. The summed E-state index contributed by atoms with van der Waals surface area (Å²) in [6, 6.07) is 26.2. The Morgan fingerprint density at radius 3 is 2.33 bits per heavy atom. The van der Waals surface area contributed by atoms with Crippen molar-refractivity contribution in [3.05, 3.63) is 124 Å². The molecule has 0 aliphatic heterocycles. The molecule has 0 saturated carbocycles. The van der Waals surface area contributed by atoms with Gasteiger partial charge in [0, 0.05) is 11.1 Å². The van der Waals surface area contributed by atoms with E-state index in [0.717, 1.165) is 30.4 Å². The number of H-pyrrole nitrogens is 1. The molecule has 1 atom stereocenters. The summed E-state index contributed by atoms with van der Waals surface area (Å²) in [5.41, 5.74) is 5.17. The minimum atomic E-state index is -0.559. The van der Waals surface area contributed by atoms with E-state index in [1.165, 1.54) is 16.7 Å². The standard InChI is InChI=1S/C28H26N2O3/c1-20(31)25-15-11-22(12-16-25)8-10-23(9-7-21-5-3-2-4-6-21)19-24-13-17-26(18-14-24)27-29-28(32)33-30-27/h2-7,9,11-18,23,31H,1,8,10,19H2,(H,29,30,32)/b9-7-. The molecule has 4 aromatic rings. The first-order chi connectivity index (χ1) is 16.1. The summed E-state index contributed by atoms with van der Waals surface area (Å²) in [7, 11) is 0. The maximum Gasteiger partial charge on any atom is 0.439 e. The van der Waals surface area contributed by atoms with E-state index in [0.29, 0.717) is 11.7 Å². The molecule has 1 heterocycles. The van der Waals surface area contributed by atoms with Crippen LogP contribution in [0.5, 0.6) is 0 Å². The molecule has 3 aromatic carbocycles. The van der Waals surface area contributed by atoms with Crippen molar-refractivity contribution in [2.24, 2.45) is 5.92 Å². The molecule has 1 aromatic heterocycles. The average Bonchev–Trinajstić information content (AvgIpc) is 3.28. The number of aryl methyl sites for hydroxylation is 1. The molecule has 4 rings (SSSR count). The molecule has 0 fully saturated rings. The summed E-state index contributed by atoms with van der Waals surface area (Å²) in [5, 5.41) is 13.3. The van der Waals surface area contributed by atoms with Crippen LogP contribution in [-0.4, -0.2) is 15.2 Å². The number of rotatable bonds is 9. The molecular formula is C28H26N2O3. The van der Waals surface area contributed by atoms with E-state index >= 15 is 0 Å². The smallest absolute Gasteiger partial charge is 0.439 e. The molecule has 0 radical (unpaired) electrons. The second-order valence-corrected chi connectivity index (χ2v) is 8.06. The largest absolute Gasteiger partial charge is 0.508 e. The number of nitrogens with one attached hydrogen (secondary N) is 1. The molecule has 5 nitrogen and oxygen atoms in total. The van der Waals surface area contributed by atoms with Crippen LogP contribution in [0.1, 0.15) is 28.7 Å². The maximum absolute atomic E-state index is 11.2. The number of aliphatic hydroxyl groups excluding tert-OH is 1. The highest BCUT2D eigenvalue weighted by atomic mass is 16.5. The van der Waals surface area contributed by atoms with Gasteiger partial charge in [0.15, 0.2) is 5.82 Å². The third kappa shape index (κ3) is 6.20. The predicted octanol–water partition coefficient (Wildman–Crippen LogP) is 6.06. The summed E-state index contributed by atoms with van der Waals surface area (Å²) < 4.78 is 4.59. The number of nitrogens with zero attached hydrogens (tertiary/aromatic N) is 1. The van der Waals surface area contributed by atoms with E-state index in [9.17, 15) is 9.90 Å². The Bertz CT molecular complexity index is 1270. The maximum atomic E-state index is 11.2. The average molecular weight is 439 g/mol. The van der Waals surface area contributed by atoms with E-state index in [1.54, 1.807) is 0 Å². The van der Waals surface area contributed by atoms with Crippen molar-refractivity contribution in [1.82, 2.24) is 10.1 Å². The van der Waals surface area contributed by atoms with Crippen LogP contribution in [0.15, 0.2) is 101 Å². The number of allylic oxidation sites excluding steroid dienone is 1. The Labute approximate surface area is 192 Å². The highest BCUT2D eigenvalue weighted by molar-refractivity contribution is 5.56. The zero-order valence-corrected chi connectivity index (χ0v) is 18.3. The first kappa shape index (κ1) is 22.1. The predicted molar refractivity (Wildman–Crippen MR) is 132 cm³/mol. The van der Waals surface area contributed by atoms with E-state index in [4.69, 9.17) is 0 Å². The van der Waals surface area contributed by atoms with Gasteiger partial charge in [-0.1, -0.05) is 103 Å². The molecule has 1 unspecified atom stereocenters. The molecule has 2 N–H and O–H groups in total. The van der Waals surface area contributed by atoms with Gasteiger partial charge in [-0.2, -0.15) is 0 Å². The Balaban J connectivity index is 1.47. The summed E-state index contributed by atoms with van der Waals surface area (Å²) in [6.45, 7) is 3.58. The zero-order chi connectivity index (χ0) is 23.0. The van der Waals surface area contributed by atoms with Gasteiger partial charge in [0.05, 0.1) is 0 Å². The van der Waals surface area contributed by atoms with Crippen LogP contribution >= 0.6 is 0 Å². The summed E-state index contributed by atoms with van der Waals surface area (Å²) in [6.07, 6.45) is 7.27. The van der Waals surface area contributed by atoms with Gasteiger partial charge in [-0.3, -0.25) is 9.51 Å². The van der Waals surface area contributed by atoms with E-state index in [2.05, 4.69) is 57.7 Å². The molecule has 0 spiro atoms. The fourth-order valence-electron chi connectivity index (χ4n) is 3.75. The summed E-state index contributed by atoms with van der Waals surface area (Å²) in [4.78, 5) is 13.8. The first-order valence-electron chi connectivity index (χ1n) is 10.9. The molecule has 0 amide bonds. The highest BCUT2D eigenvalue weighted by Crippen LogP contribution is 2.22. The van der Waals surface area contributed by atoms with Crippen molar-refractivity contribution in [1.29, 1.82) is 0 Å². The van der Waals surface area contributed by atoms with Crippen LogP contribution in [0.3, 0.4) is 0 Å². The molecule has 33 heavy (non-hydrogen) atoms. The van der Waals surface area contributed by atoms with Gasteiger partial charge in [-0.05, 0) is 41.9 Å². The quantitative estimate of drug-likeness (QED) is 0.311. The van der Waals surface area contributed by atoms with Crippen molar-refractivity contribution < 1.29 is 9.63 Å². The molecule has 0 aliphatic rings. The van der Waals surface area contributed by atoms with Crippen LogP contribution in [-0.2, 0) is 12.8 Å². The third-order valence-corrected chi connectivity index (χ3v) is 5.62. The Hall–Kier alpha value is -4.12. The number of aromatic nitrogens is 2. The van der Waals surface area contributed by atoms with Crippen LogP contribution in [0.2, 0.25) is 0 Å². The lowest BCUT2D eigenvalue weighted by molar-refractivity contribution is 0.388. The molecule has 0 saturated heterocycles. The van der Waals surface area contributed by atoms with Crippen LogP contribution in [0.4, 0.5) is 0 Å². The number of hydrogen-bond donors (Lipinski definition) is 2. The van der Waals surface area contributed by atoms with Crippen molar-refractivity contribution >= 4 is 11.8 Å². The van der Waals surface area contributed by atoms with Gasteiger partial charge in [0.25, 0.3) is 0 Å². The van der Waals surface area contributed by atoms with Crippen LogP contribution in [0.25, 0.3) is 23.2 Å². The lowest BCUT2D eigenvalue weighted by Gasteiger charge is -2.14. The number of aliphatic hydroxyl groups is 1. The molecule has 5 heteroatoms. The second-order valence-electron chi connectivity index (χ2n) is 8.06.